The van der Waals surface area contributed by atoms with E-state index < -0.39 is 36.3 Å². The Morgan fingerprint density at radius 3 is 2.58 bits per heavy atom. The molecule has 19 heavy (non-hydrogen) atoms. The molecule has 2 atom stereocenters. The van der Waals surface area contributed by atoms with Gasteiger partial charge in [-0.2, -0.15) is 0 Å². The SMILES string of the molecule is CCCC(=O)OC(C)OC(=O)OC1CC(=O)NC1=O. The van der Waals surface area contributed by atoms with E-state index in [0.29, 0.717) is 6.42 Å². The minimum atomic E-state index is -1.20. The Morgan fingerprint density at radius 2 is 2.05 bits per heavy atom. The molecule has 0 aromatic carbocycles. The predicted octanol–water partition coefficient (Wildman–Crippen LogP) is 0.244. The van der Waals surface area contributed by atoms with Gasteiger partial charge in [-0.25, -0.2) is 4.79 Å². The average molecular weight is 273 g/mol. The molecule has 1 fully saturated rings. The largest absolute Gasteiger partial charge is 0.512 e. The zero-order chi connectivity index (χ0) is 14.4. The summed E-state index contributed by atoms with van der Waals surface area (Å²) in [7, 11) is 0. The molecule has 0 spiro atoms. The second-order valence-electron chi connectivity index (χ2n) is 3.90. The Kier molecular flexibility index (Phi) is 5.28. The van der Waals surface area contributed by atoms with Gasteiger partial charge in [0.25, 0.3) is 5.91 Å². The van der Waals surface area contributed by atoms with Crippen LogP contribution in [-0.4, -0.2) is 36.3 Å². The van der Waals surface area contributed by atoms with Crippen molar-refractivity contribution in [3.8, 4) is 0 Å². The van der Waals surface area contributed by atoms with E-state index in [1.165, 1.54) is 6.92 Å². The lowest BCUT2D eigenvalue weighted by atomic mass is 10.3. The van der Waals surface area contributed by atoms with Crippen LogP contribution in [0.1, 0.15) is 33.1 Å². The molecule has 1 saturated heterocycles. The number of rotatable bonds is 5. The Hall–Kier alpha value is -2.12. The third-order valence-electron chi connectivity index (χ3n) is 2.18. The monoisotopic (exact) mass is 273 g/mol. The van der Waals surface area contributed by atoms with Gasteiger partial charge in [0.2, 0.25) is 12.2 Å². The van der Waals surface area contributed by atoms with Crippen molar-refractivity contribution in [2.24, 2.45) is 0 Å². The molecule has 0 saturated carbocycles. The summed E-state index contributed by atoms with van der Waals surface area (Å²) < 4.78 is 14.0. The first-order valence-corrected chi connectivity index (χ1v) is 5.82. The number of ether oxygens (including phenoxy) is 3. The molecular weight excluding hydrogens is 258 g/mol. The standard InChI is InChI=1S/C11H15NO7/c1-3-4-9(14)17-6(2)18-11(16)19-7-5-8(13)12-10(7)15/h6-7H,3-5H2,1-2H3,(H,12,13,15). The number of hydrogen-bond donors (Lipinski definition) is 1. The van der Waals surface area contributed by atoms with Gasteiger partial charge in [-0.15, -0.1) is 0 Å². The Balaban J connectivity index is 2.32. The number of carbonyl (C=O) groups excluding carboxylic acids is 4. The smallest absolute Gasteiger partial charge is 0.425 e. The molecule has 1 rings (SSSR count). The molecule has 2 unspecified atom stereocenters. The van der Waals surface area contributed by atoms with Crippen molar-refractivity contribution in [2.45, 2.75) is 45.5 Å². The number of hydrogen-bond acceptors (Lipinski definition) is 7. The van der Waals surface area contributed by atoms with Crippen LogP contribution in [0.25, 0.3) is 0 Å². The van der Waals surface area contributed by atoms with Gasteiger partial charge in [0.05, 0.1) is 6.42 Å². The first kappa shape index (κ1) is 14.9. The third-order valence-corrected chi connectivity index (χ3v) is 2.18. The van der Waals surface area contributed by atoms with E-state index in [-0.39, 0.29) is 12.8 Å². The highest BCUT2D eigenvalue weighted by atomic mass is 16.8. The van der Waals surface area contributed by atoms with Crippen molar-refractivity contribution >= 4 is 23.9 Å². The topological polar surface area (TPSA) is 108 Å². The van der Waals surface area contributed by atoms with Gasteiger partial charge >= 0.3 is 12.1 Å². The fraction of sp³-hybridized carbons (Fsp3) is 0.636. The summed E-state index contributed by atoms with van der Waals surface area (Å²) in [5.74, 6) is -1.72. The number of nitrogens with one attached hydrogen (secondary N) is 1. The van der Waals surface area contributed by atoms with Crippen LogP contribution in [0.2, 0.25) is 0 Å². The average Bonchev–Trinajstić information content (AvgIpc) is 2.56. The second kappa shape index (κ2) is 6.72. The summed E-state index contributed by atoms with van der Waals surface area (Å²) in [6.07, 6.45) is -2.91. The molecule has 8 heteroatoms. The van der Waals surface area contributed by atoms with Crippen LogP contribution < -0.4 is 5.32 Å². The minimum absolute atomic E-state index is 0.211. The van der Waals surface area contributed by atoms with Crippen LogP contribution in [0.3, 0.4) is 0 Å². The maximum atomic E-state index is 11.3. The molecule has 0 aromatic rings. The first-order chi connectivity index (χ1) is 8.92. The molecular formula is C11H15NO7. The summed E-state index contributed by atoms with van der Waals surface area (Å²) in [5, 5.41) is 1.98. The number of imide groups is 1. The van der Waals surface area contributed by atoms with Crippen molar-refractivity contribution in [2.75, 3.05) is 0 Å². The lowest BCUT2D eigenvalue weighted by Crippen LogP contribution is -2.30. The van der Waals surface area contributed by atoms with Crippen molar-refractivity contribution in [1.29, 1.82) is 0 Å². The number of amides is 2. The van der Waals surface area contributed by atoms with Crippen LogP contribution in [-0.2, 0) is 28.6 Å². The van der Waals surface area contributed by atoms with E-state index in [1.807, 2.05) is 5.32 Å². The molecule has 1 aliphatic heterocycles. The highest BCUT2D eigenvalue weighted by molar-refractivity contribution is 6.05. The quantitative estimate of drug-likeness (QED) is 0.434. The van der Waals surface area contributed by atoms with Crippen molar-refractivity contribution < 1.29 is 33.4 Å². The second-order valence-corrected chi connectivity index (χ2v) is 3.90. The van der Waals surface area contributed by atoms with Gasteiger partial charge in [0, 0.05) is 13.3 Å². The van der Waals surface area contributed by atoms with Gasteiger partial charge in [0.1, 0.15) is 0 Å². The van der Waals surface area contributed by atoms with Crippen LogP contribution >= 0.6 is 0 Å². The highest BCUT2D eigenvalue weighted by Crippen LogP contribution is 2.09. The normalized spacial score (nSPS) is 19.6. The van der Waals surface area contributed by atoms with E-state index >= 15 is 0 Å². The Bertz CT molecular complexity index is 393. The van der Waals surface area contributed by atoms with E-state index in [0.717, 1.165) is 0 Å². The molecule has 0 aliphatic carbocycles. The van der Waals surface area contributed by atoms with Crippen molar-refractivity contribution in [3.05, 3.63) is 0 Å². The maximum Gasteiger partial charge on any atom is 0.512 e. The van der Waals surface area contributed by atoms with Crippen LogP contribution in [0, 0.1) is 0 Å². The molecule has 1 heterocycles. The van der Waals surface area contributed by atoms with Crippen molar-refractivity contribution in [3.63, 3.8) is 0 Å². The summed E-state index contributed by atoms with van der Waals surface area (Å²) in [6, 6.07) is 0. The third kappa shape index (κ3) is 4.94. The lowest BCUT2D eigenvalue weighted by molar-refractivity contribution is -0.169. The Morgan fingerprint density at radius 1 is 1.37 bits per heavy atom. The Labute approximate surface area is 109 Å². The van der Waals surface area contributed by atoms with Gasteiger partial charge in [-0.3, -0.25) is 19.7 Å². The van der Waals surface area contributed by atoms with E-state index in [2.05, 4.69) is 9.47 Å². The molecule has 0 radical (unpaired) electrons. The summed E-state index contributed by atoms with van der Waals surface area (Å²) >= 11 is 0. The summed E-state index contributed by atoms with van der Waals surface area (Å²) in [5.41, 5.74) is 0. The van der Waals surface area contributed by atoms with Crippen molar-refractivity contribution in [1.82, 2.24) is 5.32 Å². The molecule has 1 N–H and O–H groups in total. The summed E-state index contributed by atoms with van der Waals surface area (Å²) in [4.78, 5) is 44.4. The van der Waals surface area contributed by atoms with Gasteiger partial charge in [-0.05, 0) is 6.42 Å². The minimum Gasteiger partial charge on any atom is -0.425 e. The van der Waals surface area contributed by atoms with Crippen LogP contribution in [0.15, 0.2) is 0 Å². The van der Waals surface area contributed by atoms with Gasteiger partial charge < -0.3 is 14.2 Å². The molecule has 8 nitrogen and oxygen atoms in total. The lowest BCUT2D eigenvalue weighted by Gasteiger charge is -2.15. The maximum absolute atomic E-state index is 11.3. The van der Waals surface area contributed by atoms with Crippen LogP contribution in [0.4, 0.5) is 4.79 Å². The molecule has 106 valence electrons. The fourth-order valence-electron chi connectivity index (χ4n) is 1.38. The van der Waals surface area contributed by atoms with Crippen LogP contribution in [0.5, 0.6) is 0 Å². The van der Waals surface area contributed by atoms with E-state index in [4.69, 9.17) is 4.74 Å². The van der Waals surface area contributed by atoms with E-state index in [9.17, 15) is 19.2 Å². The van der Waals surface area contributed by atoms with Gasteiger partial charge in [-0.1, -0.05) is 6.92 Å². The molecule has 0 aromatic heterocycles. The predicted molar refractivity (Wildman–Crippen MR) is 59.6 cm³/mol. The summed E-state index contributed by atoms with van der Waals surface area (Å²) in [6.45, 7) is 3.14. The number of carbonyl (C=O) groups is 4. The van der Waals surface area contributed by atoms with Gasteiger partial charge in [0.15, 0.2) is 6.10 Å². The zero-order valence-corrected chi connectivity index (χ0v) is 10.6. The molecule has 1 aliphatic rings. The highest BCUT2D eigenvalue weighted by Gasteiger charge is 2.34. The molecule has 2 amide bonds. The van der Waals surface area contributed by atoms with E-state index in [1.54, 1.807) is 6.92 Å². The first-order valence-electron chi connectivity index (χ1n) is 5.82. The molecule has 0 bridgehead atoms. The zero-order valence-electron chi connectivity index (χ0n) is 10.6. The number of esters is 1. The fourth-order valence-corrected chi connectivity index (χ4v) is 1.38.